The van der Waals surface area contributed by atoms with Crippen molar-refractivity contribution in [1.29, 1.82) is 0 Å². The number of nitrogens with zero attached hydrogens (tertiary/aromatic N) is 3. The van der Waals surface area contributed by atoms with E-state index in [0.29, 0.717) is 22.5 Å². The number of hydrogen-bond acceptors (Lipinski definition) is 5. The summed E-state index contributed by atoms with van der Waals surface area (Å²) in [6, 6.07) is 4.34. The standard InChI is InChI=1S/C21H28N6O3/c1-12-10-13(27(29)30)8-9-15(12)23-19(28)14-11-22-26-17(14)24-16(20(2,3)4)18(26)25-21(5,6)7/h8-11,22,25H,1-7H3,(H,23,28). The van der Waals surface area contributed by atoms with Gasteiger partial charge in [-0.05, 0) is 39.3 Å². The van der Waals surface area contributed by atoms with Crippen LogP contribution in [0.4, 0.5) is 17.2 Å². The number of H-pyrrole nitrogens is 1. The molecule has 3 aromatic rings. The lowest BCUT2D eigenvalue weighted by atomic mass is 9.91. The zero-order chi connectivity index (χ0) is 22.4. The number of aryl methyl sites for hydroxylation is 1. The fraction of sp³-hybridized carbons (Fsp3) is 0.429. The molecule has 3 rings (SSSR count). The topological polar surface area (TPSA) is 117 Å². The number of amides is 1. The van der Waals surface area contributed by atoms with Crippen LogP contribution in [0.15, 0.2) is 24.4 Å². The third kappa shape index (κ3) is 4.14. The molecule has 0 atom stereocenters. The van der Waals surface area contributed by atoms with Crippen LogP contribution < -0.4 is 10.6 Å². The molecule has 0 aliphatic rings. The normalized spacial score (nSPS) is 12.2. The predicted molar refractivity (Wildman–Crippen MR) is 117 cm³/mol. The summed E-state index contributed by atoms with van der Waals surface area (Å²) >= 11 is 0. The van der Waals surface area contributed by atoms with Gasteiger partial charge in [-0.3, -0.25) is 20.0 Å². The van der Waals surface area contributed by atoms with Crippen molar-refractivity contribution in [3.63, 3.8) is 0 Å². The summed E-state index contributed by atoms with van der Waals surface area (Å²) in [6.07, 6.45) is 1.61. The van der Waals surface area contributed by atoms with Crippen LogP contribution in [0.5, 0.6) is 0 Å². The van der Waals surface area contributed by atoms with Crippen molar-refractivity contribution < 1.29 is 9.72 Å². The lowest BCUT2D eigenvalue weighted by molar-refractivity contribution is -0.384. The molecule has 0 bridgehead atoms. The number of fused-ring (bicyclic) bond motifs is 1. The Morgan fingerprint density at radius 3 is 2.40 bits per heavy atom. The summed E-state index contributed by atoms with van der Waals surface area (Å²) in [4.78, 5) is 28.2. The van der Waals surface area contributed by atoms with Crippen molar-refractivity contribution in [1.82, 2.24) is 14.6 Å². The maximum Gasteiger partial charge on any atom is 0.269 e. The Morgan fingerprint density at radius 2 is 1.87 bits per heavy atom. The number of aromatic amines is 1. The summed E-state index contributed by atoms with van der Waals surface area (Å²) in [5.41, 5.74) is 2.44. The summed E-state index contributed by atoms with van der Waals surface area (Å²) in [7, 11) is 0. The van der Waals surface area contributed by atoms with Gasteiger partial charge in [0, 0.05) is 35.0 Å². The van der Waals surface area contributed by atoms with Crippen molar-refractivity contribution in [2.75, 3.05) is 10.6 Å². The first-order valence-corrected chi connectivity index (χ1v) is 9.73. The number of imidazole rings is 1. The molecule has 0 aliphatic carbocycles. The molecule has 0 saturated carbocycles. The largest absolute Gasteiger partial charge is 0.364 e. The van der Waals surface area contributed by atoms with Crippen LogP contribution in [0.3, 0.4) is 0 Å². The highest BCUT2D eigenvalue weighted by Gasteiger charge is 2.29. The van der Waals surface area contributed by atoms with Crippen molar-refractivity contribution in [2.24, 2.45) is 0 Å². The van der Waals surface area contributed by atoms with Gasteiger partial charge in [0.25, 0.3) is 11.6 Å². The average molecular weight is 412 g/mol. The van der Waals surface area contributed by atoms with E-state index >= 15 is 0 Å². The fourth-order valence-electron chi connectivity index (χ4n) is 3.17. The van der Waals surface area contributed by atoms with Crippen molar-refractivity contribution in [2.45, 2.75) is 59.4 Å². The van der Waals surface area contributed by atoms with Gasteiger partial charge in [-0.2, -0.15) is 0 Å². The Balaban J connectivity index is 2.01. The molecular weight excluding hydrogens is 384 g/mol. The molecule has 1 aromatic carbocycles. The SMILES string of the molecule is Cc1cc([N+](=O)[O-])ccc1NC(=O)c1c[nH]n2c(NC(C)(C)C)c(C(C)(C)C)nc12. The first-order chi connectivity index (χ1) is 13.8. The van der Waals surface area contributed by atoms with Gasteiger partial charge < -0.3 is 10.6 Å². The molecule has 9 heteroatoms. The first-order valence-electron chi connectivity index (χ1n) is 9.73. The Hall–Kier alpha value is -3.36. The number of anilines is 2. The van der Waals surface area contributed by atoms with Gasteiger partial charge in [0.1, 0.15) is 5.56 Å². The van der Waals surface area contributed by atoms with Gasteiger partial charge in [0.05, 0.1) is 10.6 Å². The third-order valence-electron chi connectivity index (χ3n) is 4.57. The van der Waals surface area contributed by atoms with E-state index in [1.54, 1.807) is 17.6 Å². The fourth-order valence-corrected chi connectivity index (χ4v) is 3.17. The zero-order valence-corrected chi connectivity index (χ0v) is 18.4. The van der Waals surface area contributed by atoms with E-state index in [2.05, 4.69) is 57.3 Å². The number of nitro benzene ring substituents is 1. The molecule has 0 unspecified atom stereocenters. The van der Waals surface area contributed by atoms with E-state index in [9.17, 15) is 14.9 Å². The van der Waals surface area contributed by atoms with E-state index in [0.717, 1.165) is 11.5 Å². The van der Waals surface area contributed by atoms with Gasteiger partial charge in [0.15, 0.2) is 11.5 Å². The van der Waals surface area contributed by atoms with Gasteiger partial charge in [-0.15, -0.1) is 0 Å². The number of benzene rings is 1. The number of nitro groups is 1. The van der Waals surface area contributed by atoms with Gasteiger partial charge in [0.2, 0.25) is 0 Å². The van der Waals surface area contributed by atoms with Crippen LogP contribution in [0.1, 0.15) is 63.2 Å². The summed E-state index contributed by atoms with van der Waals surface area (Å²) < 4.78 is 1.78. The summed E-state index contributed by atoms with van der Waals surface area (Å²) in [5.74, 6) is 0.474. The third-order valence-corrected chi connectivity index (χ3v) is 4.57. The number of aromatic nitrogens is 3. The van der Waals surface area contributed by atoms with Gasteiger partial charge >= 0.3 is 0 Å². The lowest BCUT2D eigenvalue weighted by Crippen LogP contribution is -2.29. The second kappa shape index (κ2) is 7.16. The van der Waals surface area contributed by atoms with Crippen molar-refractivity contribution >= 4 is 28.7 Å². The predicted octanol–water partition coefficient (Wildman–Crippen LogP) is 4.64. The molecule has 0 spiro atoms. The Kier molecular flexibility index (Phi) is 5.09. The smallest absolute Gasteiger partial charge is 0.269 e. The average Bonchev–Trinajstić information content (AvgIpc) is 3.15. The molecule has 0 radical (unpaired) electrons. The molecule has 160 valence electrons. The van der Waals surface area contributed by atoms with Crippen LogP contribution in [-0.4, -0.2) is 31.0 Å². The number of rotatable bonds is 4. The molecule has 0 aliphatic heterocycles. The molecule has 0 saturated heterocycles. The monoisotopic (exact) mass is 412 g/mol. The van der Waals surface area contributed by atoms with E-state index in [1.165, 1.54) is 18.2 Å². The first kappa shape index (κ1) is 21.4. The second-order valence-corrected chi connectivity index (χ2v) is 9.49. The lowest BCUT2D eigenvalue weighted by Gasteiger charge is -2.25. The quantitative estimate of drug-likeness (QED) is 0.426. The minimum atomic E-state index is -0.462. The molecule has 1 amide bonds. The van der Waals surface area contributed by atoms with Crippen LogP contribution >= 0.6 is 0 Å². The molecule has 30 heavy (non-hydrogen) atoms. The highest BCUT2D eigenvalue weighted by atomic mass is 16.6. The van der Waals surface area contributed by atoms with E-state index in [4.69, 9.17) is 4.98 Å². The van der Waals surface area contributed by atoms with Crippen molar-refractivity contribution in [3.8, 4) is 0 Å². The maximum absolute atomic E-state index is 13.0. The molecule has 3 N–H and O–H groups in total. The highest BCUT2D eigenvalue weighted by molar-refractivity contribution is 6.08. The van der Waals surface area contributed by atoms with E-state index in [1.807, 2.05) is 0 Å². The Bertz CT molecular complexity index is 1130. The van der Waals surface area contributed by atoms with E-state index in [-0.39, 0.29) is 22.5 Å². The molecule has 9 nitrogen and oxygen atoms in total. The summed E-state index contributed by atoms with van der Waals surface area (Å²) in [6.45, 7) is 14.1. The van der Waals surface area contributed by atoms with Gasteiger partial charge in [-0.1, -0.05) is 20.8 Å². The molecule has 2 heterocycles. The number of carbonyl (C=O) groups is 1. The van der Waals surface area contributed by atoms with E-state index < -0.39 is 4.92 Å². The maximum atomic E-state index is 13.0. The molecular formula is C21H28N6O3. The van der Waals surface area contributed by atoms with Crippen LogP contribution in [0, 0.1) is 17.0 Å². The Labute approximate surface area is 175 Å². The summed E-state index contributed by atoms with van der Waals surface area (Å²) in [5, 5.41) is 20.4. The molecule has 0 fully saturated rings. The Morgan fingerprint density at radius 1 is 1.20 bits per heavy atom. The number of carbonyl (C=O) groups excluding carboxylic acids is 1. The minimum absolute atomic E-state index is 0.0180. The van der Waals surface area contributed by atoms with Gasteiger partial charge in [-0.25, -0.2) is 9.50 Å². The molecule has 2 aromatic heterocycles. The van der Waals surface area contributed by atoms with Crippen LogP contribution in [0.25, 0.3) is 5.65 Å². The second-order valence-electron chi connectivity index (χ2n) is 9.49. The minimum Gasteiger partial charge on any atom is -0.364 e. The van der Waals surface area contributed by atoms with Crippen LogP contribution in [0.2, 0.25) is 0 Å². The zero-order valence-electron chi connectivity index (χ0n) is 18.4. The van der Waals surface area contributed by atoms with Crippen molar-refractivity contribution in [3.05, 3.63) is 51.3 Å². The number of nitrogens with one attached hydrogen (secondary N) is 3. The highest BCUT2D eigenvalue weighted by Crippen LogP contribution is 2.32. The number of hydrogen-bond donors (Lipinski definition) is 3. The van der Waals surface area contributed by atoms with Crippen LogP contribution in [-0.2, 0) is 5.41 Å². The number of non-ortho nitro benzene ring substituents is 1.